The minimum absolute atomic E-state index is 0.196. The fraction of sp³-hybridized carbons (Fsp3) is 0.235. The molecule has 0 spiro atoms. The molecule has 0 saturated heterocycles. The van der Waals surface area contributed by atoms with Crippen LogP contribution >= 0.6 is 11.3 Å². The number of anilines is 2. The van der Waals surface area contributed by atoms with Crippen LogP contribution < -0.4 is 10.6 Å². The van der Waals surface area contributed by atoms with Crippen molar-refractivity contribution in [3.63, 3.8) is 0 Å². The number of carbonyl (C=O) groups is 3. The maximum atomic E-state index is 11.8. The topological polar surface area (TPSA) is 84.5 Å². The molecule has 0 fully saturated rings. The Kier molecular flexibility index (Phi) is 6.51. The molecule has 1 heterocycles. The van der Waals surface area contributed by atoms with E-state index in [2.05, 4.69) is 10.6 Å². The first-order chi connectivity index (χ1) is 11.5. The number of benzene rings is 1. The highest BCUT2D eigenvalue weighted by Gasteiger charge is 2.09. The van der Waals surface area contributed by atoms with E-state index in [-0.39, 0.29) is 18.9 Å². The quantitative estimate of drug-likeness (QED) is 0.755. The number of rotatable bonds is 7. The van der Waals surface area contributed by atoms with Crippen molar-refractivity contribution < 1.29 is 19.1 Å². The largest absolute Gasteiger partial charge is 0.456 e. The third-order valence-corrected chi connectivity index (χ3v) is 3.92. The van der Waals surface area contributed by atoms with Gasteiger partial charge in [-0.3, -0.25) is 14.4 Å². The van der Waals surface area contributed by atoms with E-state index in [1.54, 1.807) is 35.6 Å². The van der Waals surface area contributed by atoms with Gasteiger partial charge in [-0.25, -0.2) is 0 Å². The van der Waals surface area contributed by atoms with Gasteiger partial charge >= 0.3 is 5.97 Å². The van der Waals surface area contributed by atoms with Crippen molar-refractivity contribution in [3.05, 3.63) is 46.7 Å². The van der Waals surface area contributed by atoms with Gasteiger partial charge in [-0.1, -0.05) is 12.1 Å². The van der Waals surface area contributed by atoms with Crippen LogP contribution in [0.15, 0.2) is 41.8 Å². The van der Waals surface area contributed by atoms with E-state index in [1.165, 1.54) is 6.92 Å². The molecule has 2 rings (SSSR count). The van der Waals surface area contributed by atoms with E-state index >= 15 is 0 Å². The predicted molar refractivity (Wildman–Crippen MR) is 93.0 cm³/mol. The average Bonchev–Trinajstić information content (AvgIpc) is 3.04. The Labute approximate surface area is 143 Å². The van der Waals surface area contributed by atoms with E-state index in [1.807, 2.05) is 17.5 Å². The van der Waals surface area contributed by atoms with Crippen LogP contribution in [0.4, 0.5) is 11.4 Å². The van der Waals surface area contributed by atoms with E-state index in [4.69, 9.17) is 4.74 Å². The molecule has 0 saturated carbocycles. The van der Waals surface area contributed by atoms with Gasteiger partial charge in [-0.05, 0) is 36.1 Å². The molecule has 2 aromatic rings. The smallest absolute Gasteiger partial charge is 0.306 e. The zero-order valence-corrected chi connectivity index (χ0v) is 14.0. The van der Waals surface area contributed by atoms with Crippen molar-refractivity contribution in [2.75, 3.05) is 17.2 Å². The molecule has 0 radical (unpaired) electrons. The molecule has 7 heteroatoms. The molecule has 0 aliphatic heterocycles. The molecular formula is C17H18N2O4S. The maximum absolute atomic E-state index is 11.8. The Hall–Kier alpha value is -2.67. The van der Waals surface area contributed by atoms with Crippen molar-refractivity contribution in [2.45, 2.75) is 19.8 Å². The second kappa shape index (κ2) is 8.83. The van der Waals surface area contributed by atoms with Crippen molar-refractivity contribution in [2.24, 2.45) is 0 Å². The van der Waals surface area contributed by atoms with Crippen LogP contribution in [-0.4, -0.2) is 24.4 Å². The molecule has 0 aliphatic carbocycles. The van der Waals surface area contributed by atoms with Gasteiger partial charge in [-0.2, -0.15) is 0 Å². The SMILES string of the molecule is CC(=O)Nc1cccc(NC(=O)COC(=O)CCc2cccs2)c1. The van der Waals surface area contributed by atoms with E-state index in [0.29, 0.717) is 17.8 Å². The summed E-state index contributed by atoms with van der Waals surface area (Å²) in [6, 6.07) is 10.6. The highest BCUT2D eigenvalue weighted by atomic mass is 32.1. The second-order valence-corrected chi connectivity index (χ2v) is 6.08. The van der Waals surface area contributed by atoms with Crippen molar-refractivity contribution in [1.82, 2.24) is 0 Å². The Morgan fingerprint density at radius 1 is 1.08 bits per heavy atom. The first-order valence-electron chi connectivity index (χ1n) is 7.38. The van der Waals surface area contributed by atoms with Crippen LogP contribution in [0.2, 0.25) is 0 Å². The van der Waals surface area contributed by atoms with Crippen molar-refractivity contribution >= 4 is 40.5 Å². The third-order valence-electron chi connectivity index (χ3n) is 2.99. The van der Waals surface area contributed by atoms with Crippen LogP contribution in [0.3, 0.4) is 0 Å². The summed E-state index contributed by atoms with van der Waals surface area (Å²) in [5.41, 5.74) is 1.09. The summed E-state index contributed by atoms with van der Waals surface area (Å²) in [4.78, 5) is 35.6. The molecular weight excluding hydrogens is 328 g/mol. The summed E-state index contributed by atoms with van der Waals surface area (Å²) in [7, 11) is 0. The molecule has 2 amide bonds. The molecule has 1 aromatic heterocycles. The Bertz CT molecular complexity index is 713. The van der Waals surface area contributed by atoms with Crippen molar-refractivity contribution in [1.29, 1.82) is 0 Å². The number of thiophene rings is 1. The number of carbonyl (C=O) groups excluding carboxylic acids is 3. The Balaban J connectivity index is 1.74. The zero-order valence-electron chi connectivity index (χ0n) is 13.2. The van der Waals surface area contributed by atoms with Crippen molar-refractivity contribution in [3.8, 4) is 0 Å². The molecule has 0 unspecified atom stereocenters. The molecule has 6 nitrogen and oxygen atoms in total. The van der Waals surface area contributed by atoms with Gasteiger partial charge in [0, 0.05) is 23.2 Å². The normalized spacial score (nSPS) is 10.0. The number of amides is 2. The summed E-state index contributed by atoms with van der Waals surface area (Å²) in [5, 5.41) is 7.19. The average molecular weight is 346 g/mol. The highest BCUT2D eigenvalue weighted by molar-refractivity contribution is 7.09. The standard InChI is InChI=1S/C17H18N2O4S/c1-12(20)18-13-4-2-5-14(10-13)19-16(21)11-23-17(22)8-7-15-6-3-9-24-15/h2-6,9-10H,7-8,11H2,1H3,(H,18,20)(H,19,21). The predicted octanol–water partition coefficient (Wildman–Crippen LogP) is 2.82. The van der Waals surface area contributed by atoms with Gasteiger partial charge in [0.25, 0.3) is 5.91 Å². The highest BCUT2D eigenvalue weighted by Crippen LogP contribution is 2.15. The number of hydrogen-bond donors (Lipinski definition) is 2. The van der Waals surface area contributed by atoms with Gasteiger partial charge in [0.2, 0.25) is 5.91 Å². The summed E-state index contributed by atoms with van der Waals surface area (Å²) < 4.78 is 4.95. The van der Waals surface area contributed by atoms with Gasteiger partial charge in [0.15, 0.2) is 6.61 Å². The number of nitrogens with one attached hydrogen (secondary N) is 2. The Morgan fingerprint density at radius 3 is 2.50 bits per heavy atom. The summed E-state index contributed by atoms with van der Waals surface area (Å²) >= 11 is 1.58. The number of aryl methyl sites for hydroxylation is 1. The first kappa shape index (κ1) is 17.7. The minimum Gasteiger partial charge on any atom is -0.456 e. The fourth-order valence-electron chi connectivity index (χ4n) is 1.97. The molecule has 0 bridgehead atoms. The monoisotopic (exact) mass is 346 g/mol. The lowest BCUT2D eigenvalue weighted by Crippen LogP contribution is -2.21. The zero-order chi connectivity index (χ0) is 17.4. The van der Waals surface area contributed by atoms with E-state index < -0.39 is 11.9 Å². The fourth-order valence-corrected chi connectivity index (χ4v) is 2.68. The second-order valence-electron chi connectivity index (χ2n) is 5.05. The van der Waals surface area contributed by atoms with Gasteiger partial charge < -0.3 is 15.4 Å². The molecule has 1 aromatic carbocycles. The lowest BCUT2D eigenvalue weighted by molar-refractivity contribution is -0.147. The van der Waals surface area contributed by atoms with Crippen LogP contribution in [0.5, 0.6) is 0 Å². The summed E-state index contributed by atoms with van der Waals surface area (Å²) in [6.07, 6.45) is 0.850. The van der Waals surface area contributed by atoms with Crippen LogP contribution in [0.25, 0.3) is 0 Å². The summed E-state index contributed by atoms with van der Waals surface area (Å²) in [5.74, 6) is -1.04. The molecule has 0 atom stereocenters. The lowest BCUT2D eigenvalue weighted by Gasteiger charge is -2.08. The van der Waals surface area contributed by atoms with Crippen LogP contribution in [0.1, 0.15) is 18.2 Å². The molecule has 24 heavy (non-hydrogen) atoms. The van der Waals surface area contributed by atoms with E-state index in [0.717, 1.165) is 4.88 Å². The maximum Gasteiger partial charge on any atom is 0.306 e. The number of hydrogen-bond acceptors (Lipinski definition) is 5. The third kappa shape index (κ3) is 6.21. The molecule has 126 valence electrons. The Morgan fingerprint density at radius 2 is 1.83 bits per heavy atom. The minimum atomic E-state index is -0.431. The first-order valence-corrected chi connectivity index (χ1v) is 8.26. The van der Waals surface area contributed by atoms with Gasteiger partial charge in [0.05, 0.1) is 6.42 Å². The van der Waals surface area contributed by atoms with E-state index in [9.17, 15) is 14.4 Å². The molecule has 2 N–H and O–H groups in total. The summed E-state index contributed by atoms with van der Waals surface area (Å²) in [6.45, 7) is 1.06. The number of esters is 1. The van der Waals surface area contributed by atoms with Crippen LogP contribution in [0, 0.1) is 0 Å². The molecule has 0 aliphatic rings. The van der Waals surface area contributed by atoms with Crippen LogP contribution in [-0.2, 0) is 25.5 Å². The van der Waals surface area contributed by atoms with Gasteiger partial charge in [-0.15, -0.1) is 11.3 Å². The lowest BCUT2D eigenvalue weighted by atomic mass is 10.2. The van der Waals surface area contributed by atoms with Gasteiger partial charge in [0.1, 0.15) is 0 Å². The number of ether oxygens (including phenoxy) is 1.